The van der Waals surface area contributed by atoms with E-state index in [1.54, 1.807) is 0 Å². The fraction of sp³-hybridized carbons (Fsp3) is 0.625. The molecule has 1 atom stereocenters. The Bertz CT molecular complexity index is 406. The number of benzene rings is 1. The molecule has 0 saturated carbocycles. The third-order valence-electron chi connectivity index (χ3n) is 4.19. The van der Waals surface area contributed by atoms with Crippen LogP contribution in [0.4, 0.5) is 5.69 Å². The summed E-state index contributed by atoms with van der Waals surface area (Å²) in [6.07, 6.45) is 7.73. The second kappa shape index (κ2) is 7.16. The van der Waals surface area contributed by atoms with Gasteiger partial charge in [-0.25, -0.2) is 0 Å². The zero-order valence-corrected chi connectivity index (χ0v) is 12.6. The Balaban J connectivity index is 1.80. The van der Waals surface area contributed by atoms with E-state index in [2.05, 4.69) is 17.9 Å². The maximum atomic E-state index is 5.94. The Hall–Kier alpha value is -0.730. The second-order valence-corrected chi connectivity index (χ2v) is 5.96. The molecule has 1 aromatic rings. The van der Waals surface area contributed by atoms with E-state index in [1.807, 2.05) is 12.1 Å². The van der Waals surface area contributed by atoms with E-state index >= 15 is 0 Å². The van der Waals surface area contributed by atoms with E-state index < -0.39 is 0 Å². The van der Waals surface area contributed by atoms with Gasteiger partial charge in [-0.15, -0.1) is 0 Å². The monoisotopic (exact) mass is 280 g/mol. The van der Waals surface area contributed by atoms with E-state index in [0.717, 1.165) is 12.5 Å². The van der Waals surface area contributed by atoms with Crippen LogP contribution in [0.25, 0.3) is 0 Å². The minimum absolute atomic E-state index is 0.658. The first kappa shape index (κ1) is 14.7. The van der Waals surface area contributed by atoms with E-state index in [0.29, 0.717) is 10.7 Å². The fourth-order valence-electron chi connectivity index (χ4n) is 3.05. The first-order valence-electron chi connectivity index (χ1n) is 7.48. The molecule has 2 nitrogen and oxygen atoms in total. The maximum Gasteiger partial charge on any atom is 0.0635 e. The Morgan fingerprint density at radius 1 is 1.37 bits per heavy atom. The van der Waals surface area contributed by atoms with E-state index in [4.69, 9.17) is 17.3 Å². The van der Waals surface area contributed by atoms with Crippen LogP contribution in [0.3, 0.4) is 0 Å². The highest BCUT2D eigenvalue weighted by Crippen LogP contribution is 2.22. The molecule has 1 saturated heterocycles. The van der Waals surface area contributed by atoms with Crippen LogP contribution in [0.15, 0.2) is 18.2 Å². The van der Waals surface area contributed by atoms with Crippen molar-refractivity contribution in [2.45, 2.75) is 51.5 Å². The maximum absolute atomic E-state index is 5.94. The highest BCUT2D eigenvalue weighted by atomic mass is 35.5. The number of halogens is 1. The molecule has 1 aliphatic heterocycles. The summed E-state index contributed by atoms with van der Waals surface area (Å²) in [5.41, 5.74) is 7.83. The molecular formula is C16H25ClN2. The summed E-state index contributed by atoms with van der Waals surface area (Å²) in [6.45, 7) is 4.80. The molecule has 2 rings (SSSR count). The predicted octanol–water partition coefficient (Wildman–Crippen LogP) is 4.12. The Morgan fingerprint density at radius 3 is 2.95 bits per heavy atom. The van der Waals surface area contributed by atoms with Crippen LogP contribution in [-0.2, 0) is 6.42 Å². The van der Waals surface area contributed by atoms with Crippen molar-refractivity contribution in [3.63, 3.8) is 0 Å². The molecule has 1 aromatic carbocycles. The summed E-state index contributed by atoms with van der Waals surface area (Å²) in [6, 6.07) is 6.81. The smallest absolute Gasteiger partial charge is 0.0635 e. The molecule has 1 unspecified atom stereocenters. The molecule has 0 aliphatic carbocycles. The number of aryl methyl sites for hydroxylation is 1. The summed E-state index contributed by atoms with van der Waals surface area (Å²) in [7, 11) is 0. The summed E-state index contributed by atoms with van der Waals surface area (Å²) in [5.74, 6) is 0. The van der Waals surface area contributed by atoms with Crippen LogP contribution in [0, 0.1) is 0 Å². The van der Waals surface area contributed by atoms with Crippen LogP contribution < -0.4 is 5.73 Å². The molecule has 0 radical (unpaired) electrons. The molecule has 2 N–H and O–H groups in total. The number of hydrogen-bond donors (Lipinski definition) is 1. The number of likely N-dealkylation sites (tertiary alicyclic amines) is 1. The molecular weight excluding hydrogens is 256 g/mol. The standard InChI is InChI=1S/C16H25ClN2/c1-2-14-7-3-4-10-19(14)11-5-6-13-8-9-15(17)16(18)12-13/h8-9,12,14H,2-7,10-11,18H2,1H3. The summed E-state index contributed by atoms with van der Waals surface area (Å²) in [5, 5.41) is 0.658. The van der Waals surface area contributed by atoms with Gasteiger partial charge in [0.05, 0.1) is 10.7 Å². The van der Waals surface area contributed by atoms with E-state index in [9.17, 15) is 0 Å². The third kappa shape index (κ3) is 4.12. The van der Waals surface area contributed by atoms with Crippen molar-refractivity contribution in [3.05, 3.63) is 28.8 Å². The quantitative estimate of drug-likeness (QED) is 0.822. The minimum atomic E-state index is 0.658. The van der Waals surface area contributed by atoms with Crippen molar-refractivity contribution >= 4 is 17.3 Å². The average molecular weight is 281 g/mol. The number of hydrogen-bond acceptors (Lipinski definition) is 2. The Morgan fingerprint density at radius 2 is 2.21 bits per heavy atom. The summed E-state index contributed by atoms with van der Waals surface area (Å²) < 4.78 is 0. The first-order chi connectivity index (χ1) is 9.20. The molecule has 0 aromatic heterocycles. The number of nitrogens with two attached hydrogens (primary N) is 1. The van der Waals surface area contributed by atoms with Crippen molar-refractivity contribution in [3.8, 4) is 0 Å². The van der Waals surface area contributed by atoms with Gasteiger partial charge in [-0.3, -0.25) is 0 Å². The van der Waals surface area contributed by atoms with Gasteiger partial charge in [-0.05, 0) is 62.9 Å². The predicted molar refractivity (Wildman–Crippen MR) is 83.7 cm³/mol. The van der Waals surface area contributed by atoms with Crippen LogP contribution in [0.1, 0.15) is 44.6 Å². The largest absolute Gasteiger partial charge is 0.398 e. The van der Waals surface area contributed by atoms with Gasteiger partial charge in [0.25, 0.3) is 0 Å². The summed E-state index contributed by atoms with van der Waals surface area (Å²) >= 11 is 5.94. The van der Waals surface area contributed by atoms with Gasteiger partial charge in [0.15, 0.2) is 0 Å². The van der Waals surface area contributed by atoms with Gasteiger partial charge >= 0.3 is 0 Å². The third-order valence-corrected chi connectivity index (χ3v) is 4.54. The van der Waals surface area contributed by atoms with Crippen LogP contribution in [-0.4, -0.2) is 24.0 Å². The SMILES string of the molecule is CCC1CCCCN1CCCc1ccc(Cl)c(N)c1. The lowest BCUT2D eigenvalue weighted by Gasteiger charge is -2.35. The van der Waals surface area contributed by atoms with Gasteiger partial charge in [-0.2, -0.15) is 0 Å². The zero-order chi connectivity index (χ0) is 13.7. The number of rotatable bonds is 5. The lowest BCUT2D eigenvalue weighted by atomic mass is 9.99. The number of nitrogen functional groups attached to an aromatic ring is 1. The minimum Gasteiger partial charge on any atom is -0.398 e. The number of anilines is 1. The van der Waals surface area contributed by atoms with Crippen molar-refractivity contribution in [2.24, 2.45) is 0 Å². The van der Waals surface area contributed by atoms with Crippen LogP contribution in [0.5, 0.6) is 0 Å². The van der Waals surface area contributed by atoms with Gasteiger partial charge in [-0.1, -0.05) is 31.0 Å². The highest BCUT2D eigenvalue weighted by Gasteiger charge is 2.19. The van der Waals surface area contributed by atoms with Crippen molar-refractivity contribution < 1.29 is 0 Å². The van der Waals surface area contributed by atoms with E-state index in [1.165, 1.54) is 50.8 Å². The Labute approximate surface area is 121 Å². The number of piperidine rings is 1. The van der Waals surface area contributed by atoms with Crippen molar-refractivity contribution in [2.75, 3.05) is 18.8 Å². The highest BCUT2D eigenvalue weighted by molar-refractivity contribution is 6.33. The van der Waals surface area contributed by atoms with Gasteiger partial charge < -0.3 is 10.6 Å². The molecule has 0 spiro atoms. The number of nitrogens with zero attached hydrogens (tertiary/aromatic N) is 1. The molecule has 0 bridgehead atoms. The molecule has 0 amide bonds. The van der Waals surface area contributed by atoms with Crippen LogP contribution >= 0.6 is 11.6 Å². The lowest BCUT2D eigenvalue weighted by molar-refractivity contribution is 0.142. The van der Waals surface area contributed by atoms with Gasteiger partial charge in [0, 0.05) is 6.04 Å². The topological polar surface area (TPSA) is 29.3 Å². The molecule has 1 fully saturated rings. The van der Waals surface area contributed by atoms with Gasteiger partial charge in [0.1, 0.15) is 0 Å². The molecule has 19 heavy (non-hydrogen) atoms. The van der Waals surface area contributed by atoms with E-state index in [-0.39, 0.29) is 0 Å². The Kier molecular flexibility index (Phi) is 5.53. The average Bonchev–Trinajstić information content (AvgIpc) is 2.43. The molecule has 106 valence electrons. The van der Waals surface area contributed by atoms with Gasteiger partial charge in [0.2, 0.25) is 0 Å². The van der Waals surface area contributed by atoms with Crippen LogP contribution in [0.2, 0.25) is 5.02 Å². The zero-order valence-electron chi connectivity index (χ0n) is 11.9. The molecule has 3 heteroatoms. The van der Waals surface area contributed by atoms with Crippen molar-refractivity contribution in [1.82, 2.24) is 4.90 Å². The molecule has 1 heterocycles. The lowest BCUT2D eigenvalue weighted by Crippen LogP contribution is -2.39. The van der Waals surface area contributed by atoms with Crippen molar-refractivity contribution in [1.29, 1.82) is 0 Å². The summed E-state index contributed by atoms with van der Waals surface area (Å²) in [4.78, 5) is 2.67. The second-order valence-electron chi connectivity index (χ2n) is 5.55. The first-order valence-corrected chi connectivity index (χ1v) is 7.86. The normalized spacial score (nSPS) is 20.6. The fourth-order valence-corrected chi connectivity index (χ4v) is 3.17. The molecule has 1 aliphatic rings.